The summed E-state index contributed by atoms with van der Waals surface area (Å²) in [5, 5.41) is 15.1. The van der Waals surface area contributed by atoms with E-state index < -0.39 is 0 Å². The number of aromatic nitrogens is 1. The molecular formula is C31H52KN9. The van der Waals surface area contributed by atoms with Gasteiger partial charge in [-0.25, -0.2) is 0 Å². The third kappa shape index (κ3) is 12.9. The van der Waals surface area contributed by atoms with E-state index in [1.807, 2.05) is 45.3 Å². The van der Waals surface area contributed by atoms with Gasteiger partial charge in [-0.2, -0.15) is 0 Å². The summed E-state index contributed by atoms with van der Waals surface area (Å²) in [6, 6.07) is 2.06. The van der Waals surface area contributed by atoms with Gasteiger partial charge in [0.05, 0.1) is 17.1 Å². The molecule has 1 aromatic rings. The van der Waals surface area contributed by atoms with E-state index in [9.17, 15) is 0 Å². The Kier molecular flexibility index (Phi) is 19.3. The maximum Gasteiger partial charge on any atom is 1.00 e. The van der Waals surface area contributed by atoms with E-state index in [1.54, 1.807) is 13.3 Å². The van der Waals surface area contributed by atoms with Crippen LogP contribution in [0.4, 0.5) is 11.4 Å². The number of likely N-dealkylation sites (N-methyl/N-ethyl adjacent to an activating group) is 1. The van der Waals surface area contributed by atoms with Gasteiger partial charge in [0.2, 0.25) is 0 Å². The summed E-state index contributed by atoms with van der Waals surface area (Å²) in [6.07, 6.45) is 13.1. The largest absolute Gasteiger partial charge is 1.00 e. The first-order chi connectivity index (χ1) is 19.0. The van der Waals surface area contributed by atoms with Crippen LogP contribution in [0.3, 0.4) is 0 Å². The average Bonchev–Trinajstić information content (AvgIpc) is 2.95. The van der Waals surface area contributed by atoms with Crippen LogP contribution in [-0.4, -0.2) is 80.2 Å². The normalized spacial score (nSPS) is 17.8. The zero-order chi connectivity index (χ0) is 30.3. The van der Waals surface area contributed by atoms with E-state index in [-0.39, 0.29) is 56.9 Å². The fraction of sp³-hybridized carbons (Fsp3) is 0.516. The van der Waals surface area contributed by atoms with Crippen molar-refractivity contribution in [1.82, 2.24) is 14.8 Å². The third-order valence-electron chi connectivity index (χ3n) is 7.36. The number of nitrogens with one attached hydrogen (secondary N) is 2. The molecule has 1 aliphatic rings. The Balaban J connectivity index is 0.000000762. The van der Waals surface area contributed by atoms with Gasteiger partial charge < -0.3 is 32.4 Å². The van der Waals surface area contributed by atoms with Crippen molar-refractivity contribution in [2.45, 2.75) is 53.5 Å². The molecule has 0 radical (unpaired) electrons. The minimum absolute atomic E-state index is 0. The smallest absolute Gasteiger partial charge is 0.671 e. The molecule has 0 aromatic carbocycles. The van der Waals surface area contributed by atoms with Crippen molar-refractivity contribution in [3.8, 4) is 0 Å². The molecule has 10 heteroatoms. The van der Waals surface area contributed by atoms with Gasteiger partial charge in [-0.1, -0.05) is 44.8 Å². The maximum atomic E-state index is 7.32. The monoisotopic (exact) mass is 589 g/mol. The number of allylic oxidation sites excluding steroid dienone is 7. The fourth-order valence-electron chi connectivity index (χ4n) is 4.24. The number of aryl methyl sites for hydroxylation is 1. The SMILES string of the molecule is C/C=C(\C=C/C(=C(/N)C=N)C(C)CC)C(/C=NC)=C/N.CNc1cc([N-]CN2CCN(C)C(C)(C)C2)cnc1C.[K+]. The molecule has 6 N–H and O–H groups in total. The Morgan fingerprint density at radius 2 is 1.98 bits per heavy atom. The van der Waals surface area contributed by atoms with Crippen molar-refractivity contribution >= 4 is 23.8 Å². The van der Waals surface area contributed by atoms with Crippen LogP contribution in [0.15, 0.2) is 64.1 Å². The quantitative estimate of drug-likeness (QED) is 0.178. The van der Waals surface area contributed by atoms with Gasteiger partial charge in [-0.3, -0.25) is 14.9 Å². The zero-order valence-corrected chi connectivity index (χ0v) is 30.2. The summed E-state index contributed by atoms with van der Waals surface area (Å²) < 4.78 is 0. The van der Waals surface area contributed by atoms with Crippen LogP contribution in [0, 0.1) is 18.3 Å². The van der Waals surface area contributed by atoms with Crippen molar-refractivity contribution < 1.29 is 51.4 Å². The van der Waals surface area contributed by atoms with Crippen LogP contribution in [-0.2, 0) is 0 Å². The predicted octanol–water partition coefficient (Wildman–Crippen LogP) is 2.36. The van der Waals surface area contributed by atoms with E-state index >= 15 is 0 Å². The molecule has 0 spiro atoms. The van der Waals surface area contributed by atoms with Gasteiger partial charge in [0.25, 0.3) is 0 Å². The number of hydrogen-bond acceptors (Lipinski definition) is 8. The number of piperazine rings is 1. The van der Waals surface area contributed by atoms with Crippen molar-refractivity contribution in [2.24, 2.45) is 22.4 Å². The van der Waals surface area contributed by atoms with Gasteiger partial charge in [0.15, 0.2) is 0 Å². The Bertz CT molecular complexity index is 1100. The Labute approximate surface area is 291 Å². The summed E-state index contributed by atoms with van der Waals surface area (Å²) >= 11 is 0. The van der Waals surface area contributed by atoms with Gasteiger partial charge in [0.1, 0.15) is 0 Å². The number of nitrogens with zero attached hydrogens (tertiary/aromatic N) is 5. The number of pyridine rings is 1. The summed E-state index contributed by atoms with van der Waals surface area (Å²) in [6.45, 7) is 16.7. The molecule has 222 valence electrons. The second-order valence-corrected chi connectivity index (χ2v) is 10.6. The second-order valence-electron chi connectivity index (χ2n) is 10.6. The van der Waals surface area contributed by atoms with Crippen LogP contribution >= 0.6 is 0 Å². The standard InChI is InChI=1S/C16H26N4.C15H26N5.K/c1-5-12(3)15(16(19)10-18)8-7-13(6-2)14(9-17)11-20-4;1-12-14(16-4)8-13(9-17-12)18-11-20-7-6-19(5)15(2,3)10-20;/h6-12,18H,5,17,19H2,1-4H3;8-9,16H,6-7,10-11H2,1-5H3;/q;-1;+1/b8-7-,13-6+,14-9+,16-15-,18-10?,20-11?;;. The van der Waals surface area contributed by atoms with Crippen LogP contribution in [0.5, 0.6) is 0 Å². The number of anilines is 1. The third-order valence-corrected chi connectivity index (χ3v) is 7.36. The first kappa shape index (κ1) is 39.2. The zero-order valence-electron chi connectivity index (χ0n) is 27.1. The van der Waals surface area contributed by atoms with Crippen LogP contribution in [0.1, 0.15) is 46.7 Å². The molecule has 41 heavy (non-hydrogen) atoms. The second kappa shape index (κ2) is 20.2. The number of aliphatic imine (C=N–C) groups is 1. The molecule has 2 heterocycles. The summed E-state index contributed by atoms with van der Waals surface area (Å²) in [5.41, 5.74) is 18.0. The van der Waals surface area contributed by atoms with Crippen LogP contribution in [0.2, 0.25) is 0 Å². The Morgan fingerprint density at radius 1 is 1.29 bits per heavy atom. The minimum atomic E-state index is 0. The maximum absolute atomic E-state index is 7.32. The van der Waals surface area contributed by atoms with E-state index in [1.165, 1.54) is 12.4 Å². The van der Waals surface area contributed by atoms with Crippen LogP contribution in [0.25, 0.3) is 5.32 Å². The van der Waals surface area contributed by atoms with Crippen molar-refractivity contribution in [3.05, 3.63) is 70.1 Å². The Morgan fingerprint density at radius 3 is 2.49 bits per heavy atom. The Hall–Kier alpha value is -1.79. The summed E-state index contributed by atoms with van der Waals surface area (Å²) in [5.74, 6) is 0.302. The molecule has 0 saturated carbocycles. The fourth-order valence-corrected chi connectivity index (χ4v) is 4.24. The molecule has 1 fully saturated rings. The van der Waals surface area contributed by atoms with E-state index in [4.69, 9.17) is 16.9 Å². The van der Waals surface area contributed by atoms with E-state index in [0.29, 0.717) is 11.6 Å². The molecular weight excluding hydrogens is 538 g/mol. The predicted molar refractivity (Wildman–Crippen MR) is 174 cm³/mol. The topological polar surface area (TPSA) is 134 Å². The van der Waals surface area contributed by atoms with Crippen molar-refractivity contribution in [1.29, 1.82) is 5.41 Å². The van der Waals surface area contributed by atoms with E-state index in [0.717, 1.165) is 66.5 Å². The molecule has 9 nitrogen and oxygen atoms in total. The first-order valence-electron chi connectivity index (χ1n) is 13.9. The van der Waals surface area contributed by atoms with Gasteiger partial charge in [-0.15, -0.1) is 5.69 Å². The number of hydrogen-bond donors (Lipinski definition) is 4. The number of rotatable bonds is 11. The molecule has 1 unspecified atom stereocenters. The van der Waals surface area contributed by atoms with Gasteiger partial charge in [0, 0.05) is 69.7 Å². The van der Waals surface area contributed by atoms with Crippen LogP contribution < -0.4 is 68.2 Å². The molecule has 1 aliphatic heterocycles. The minimum Gasteiger partial charge on any atom is -0.671 e. The van der Waals surface area contributed by atoms with Crippen molar-refractivity contribution in [3.63, 3.8) is 0 Å². The summed E-state index contributed by atoms with van der Waals surface area (Å²) in [7, 11) is 5.81. The molecule has 0 aliphatic carbocycles. The van der Waals surface area contributed by atoms with Gasteiger partial charge in [-0.05, 0) is 58.2 Å². The van der Waals surface area contributed by atoms with E-state index in [2.05, 4.69) is 71.2 Å². The molecule has 0 bridgehead atoms. The van der Waals surface area contributed by atoms with Crippen molar-refractivity contribution in [2.75, 3.05) is 52.8 Å². The average molecular weight is 590 g/mol. The molecule has 1 saturated heterocycles. The molecule has 2 rings (SSSR count). The molecule has 1 atom stereocenters. The van der Waals surface area contributed by atoms with Gasteiger partial charge >= 0.3 is 51.4 Å². The first-order valence-corrected chi connectivity index (χ1v) is 13.9. The molecule has 1 aromatic heterocycles. The molecule has 0 amide bonds. The number of nitrogens with two attached hydrogens (primary N) is 2. The summed E-state index contributed by atoms with van der Waals surface area (Å²) in [4.78, 5) is 13.2.